The van der Waals surface area contributed by atoms with Gasteiger partial charge >= 0.3 is 0 Å². The average Bonchev–Trinajstić information content (AvgIpc) is 3.55. The van der Waals surface area contributed by atoms with E-state index in [1.807, 2.05) is 19.1 Å². The zero-order valence-electron chi connectivity index (χ0n) is 34.3. The van der Waals surface area contributed by atoms with Gasteiger partial charge in [-0.25, -0.2) is 27.5 Å². The molecule has 0 fully saturated rings. The highest BCUT2D eigenvalue weighted by molar-refractivity contribution is 6.61. The molecular formula is C55H42F4N2. The lowest BCUT2D eigenvalue weighted by Gasteiger charge is -2.27. The molecule has 0 radical (unpaired) electrons. The van der Waals surface area contributed by atoms with E-state index in [1.165, 1.54) is 54.1 Å². The standard InChI is InChI=1S/C55H42F4N2/c1-5-35-30-33(3)52(34(4)31-35)60-54-45-10-6-8-36-9-7-11-46(51(36)45)55(54)61-53-47(49(37-12-20-41(56)21-13-37)38-14-22-42(57)23-15-38)28-32(2)29-48(53)50(39-16-24-43(58)25-17-39)40-18-26-44(59)27-19-40/h6-31,49-50H,5H2,1-4H3. The summed E-state index contributed by atoms with van der Waals surface area (Å²) in [5.74, 6) is -2.59. The van der Waals surface area contributed by atoms with Gasteiger partial charge in [-0.1, -0.05) is 122 Å². The van der Waals surface area contributed by atoms with Gasteiger partial charge in [-0.2, -0.15) is 0 Å². The monoisotopic (exact) mass is 806 g/mol. The molecule has 0 spiro atoms. The molecule has 0 saturated carbocycles. The molecule has 0 amide bonds. The van der Waals surface area contributed by atoms with Crippen molar-refractivity contribution in [2.75, 3.05) is 0 Å². The summed E-state index contributed by atoms with van der Waals surface area (Å²) in [4.78, 5) is 11.3. The van der Waals surface area contributed by atoms with Crippen molar-refractivity contribution >= 4 is 33.6 Å². The fourth-order valence-corrected chi connectivity index (χ4v) is 9.00. The first-order chi connectivity index (χ1) is 29.6. The number of rotatable bonds is 9. The van der Waals surface area contributed by atoms with Crippen LogP contribution in [-0.4, -0.2) is 11.4 Å². The fraction of sp³-hybridized carbons (Fsp3) is 0.127. The predicted octanol–water partition coefficient (Wildman–Crippen LogP) is 14.5. The van der Waals surface area contributed by atoms with Crippen molar-refractivity contribution < 1.29 is 17.6 Å². The van der Waals surface area contributed by atoms with E-state index in [1.54, 1.807) is 48.5 Å². The zero-order chi connectivity index (χ0) is 42.4. The summed E-state index contributed by atoms with van der Waals surface area (Å²) in [5.41, 5.74) is 13.7. The molecule has 1 aliphatic carbocycles. The summed E-state index contributed by atoms with van der Waals surface area (Å²) >= 11 is 0. The highest BCUT2D eigenvalue weighted by Gasteiger charge is 2.32. The molecule has 0 saturated heterocycles. The van der Waals surface area contributed by atoms with Crippen LogP contribution in [0.3, 0.4) is 0 Å². The highest BCUT2D eigenvalue weighted by atomic mass is 19.1. The first-order valence-corrected chi connectivity index (χ1v) is 20.5. The van der Waals surface area contributed by atoms with Crippen molar-refractivity contribution in [1.82, 2.24) is 0 Å². The Labute approximate surface area is 353 Å². The van der Waals surface area contributed by atoms with Gasteiger partial charge in [-0.15, -0.1) is 0 Å². The third kappa shape index (κ3) is 7.59. The Kier molecular flexibility index (Phi) is 10.5. The quantitative estimate of drug-likeness (QED) is 0.103. The molecule has 300 valence electrons. The van der Waals surface area contributed by atoms with E-state index in [2.05, 4.69) is 69.3 Å². The predicted molar refractivity (Wildman–Crippen MR) is 240 cm³/mol. The van der Waals surface area contributed by atoms with Gasteiger partial charge in [0.15, 0.2) is 0 Å². The average molecular weight is 807 g/mol. The van der Waals surface area contributed by atoms with Gasteiger partial charge in [0.25, 0.3) is 0 Å². The van der Waals surface area contributed by atoms with Gasteiger partial charge in [0.05, 0.1) is 22.8 Å². The van der Waals surface area contributed by atoms with Crippen LogP contribution in [0.15, 0.2) is 168 Å². The van der Waals surface area contributed by atoms with Crippen LogP contribution in [-0.2, 0) is 6.42 Å². The molecule has 1 aliphatic rings. The second kappa shape index (κ2) is 16.3. The summed E-state index contributed by atoms with van der Waals surface area (Å²) < 4.78 is 58.6. The Morgan fingerprint density at radius 3 is 1.16 bits per heavy atom. The number of benzene rings is 8. The first kappa shape index (κ1) is 39.5. The Balaban J connectivity index is 1.42. The van der Waals surface area contributed by atoms with Crippen molar-refractivity contribution in [2.24, 2.45) is 9.98 Å². The van der Waals surface area contributed by atoms with E-state index in [4.69, 9.17) is 9.98 Å². The van der Waals surface area contributed by atoms with Crippen LogP contribution < -0.4 is 0 Å². The fourth-order valence-electron chi connectivity index (χ4n) is 9.00. The molecule has 8 aromatic carbocycles. The Hall–Kier alpha value is -6.92. The molecular weight excluding hydrogens is 765 g/mol. The molecule has 0 N–H and O–H groups in total. The topological polar surface area (TPSA) is 24.7 Å². The Morgan fingerprint density at radius 1 is 0.443 bits per heavy atom. The SMILES string of the molecule is CCc1cc(C)c(N=C2C(=Nc3c(C(c4ccc(F)cc4)c4ccc(F)cc4)cc(C)cc3C(c3ccc(F)cc3)c3ccc(F)cc3)c3cccc4cccc2c34)c(C)c1. The maximum Gasteiger partial charge on any atom is 0.123 e. The van der Waals surface area contributed by atoms with E-state index in [0.29, 0.717) is 11.4 Å². The van der Waals surface area contributed by atoms with Crippen LogP contribution in [0.25, 0.3) is 10.8 Å². The van der Waals surface area contributed by atoms with Gasteiger partial charge in [0.1, 0.15) is 23.3 Å². The number of hydrogen-bond acceptors (Lipinski definition) is 2. The van der Waals surface area contributed by atoms with Crippen molar-refractivity contribution in [3.63, 3.8) is 0 Å². The largest absolute Gasteiger partial charge is 0.246 e. The number of halogens is 4. The zero-order valence-corrected chi connectivity index (χ0v) is 34.3. The van der Waals surface area contributed by atoms with Crippen LogP contribution >= 0.6 is 0 Å². The van der Waals surface area contributed by atoms with Crippen LogP contribution in [0.5, 0.6) is 0 Å². The van der Waals surface area contributed by atoms with E-state index in [0.717, 1.165) is 89.8 Å². The summed E-state index contributed by atoms with van der Waals surface area (Å²) in [6.07, 6.45) is 0.904. The lowest BCUT2D eigenvalue weighted by molar-refractivity contribution is 0.625. The van der Waals surface area contributed by atoms with Crippen LogP contribution in [0, 0.1) is 44.0 Å². The summed E-state index contributed by atoms with van der Waals surface area (Å²) in [6.45, 7) is 8.33. The maximum atomic E-state index is 14.6. The third-order valence-corrected chi connectivity index (χ3v) is 11.8. The summed E-state index contributed by atoms with van der Waals surface area (Å²) in [5, 5.41) is 2.10. The number of aryl methyl sites for hydroxylation is 4. The van der Waals surface area contributed by atoms with Gasteiger partial charge in [0.2, 0.25) is 0 Å². The lowest BCUT2D eigenvalue weighted by Crippen LogP contribution is -2.14. The van der Waals surface area contributed by atoms with E-state index < -0.39 is 11.8 Å². The van der Waals surface area contributed by atoms with Gasteiger partial charge in [0, 0.05) is 28.3 Å². The van der Waals surface area contributed by atoms with Crippen molar-refractivity contribution in [3.8, 4) is 0 Å². The molecule has 0 unspecified atom stereocenters. The van der Waals surface area contributed by atoms with Gasteiger partial charge in [-0.05, 0) is 131 Å². The second-order valence-corrected chi connectivity index (χ2v) is 15.9. The molecule has 9 rings (SSSR count). The molecule has 0 heterocycles. The van der Waals surface area contributed by atoms with E-state index in [-0.39, 0.29) is 23.3 Å². The normalized spacial score (nSPS) is 13.7. The van der Waals surface area contributed by atoms with Crippen molar-refractivity contribution in [2.45, 2.75) is 46.0 Å². The van der Waals surface area contributed by atoms with E-state index in [9.17, 15) is 17.6 Å². The summed E-state index contributed by atoms with van der Waals surface area (Å²) in [7, 11) is 0. The Bertz CT molecular complexity index is 2770. The third-order valence-electron chi connectivity index (χ3n) is 11.8. The minimum atomic E-state index is -0.535. The minimum Gasteiger partial charge on any atom is -0.246 e. The van der Waals surface area contributed by atoms with Crippen LogP contribution in [0.4, 0.5) is 28.9 Å². The molecule has 6 heteroatoms. The molecule has 0 aliphatic heterocycles. The Morgan fingerprint density at radius 2 is 0.803 bits per heavy atom. The molecule has 61 heavy (non-hydrogen) atoms. The molecule has 0 aromatic heterocycles. The van der Waals surface area contributed by atoms with Crippen molar-refractivity contribution in [1.29, 1.82) is 0 Å². The van der Waals surface area contributed by atoms with Crippen LogP contribution in [0.1, 0.15) is 85.5 Å². The highest BCUT2D eigenvalue weighted by Crippen LogP contribution is 2.47. The number of aliphatic imine (C=N–C) groups is 2. The number of nitrogens with zero attached hydrogens (tertiary/aromatic N) is 2. The first-order valence-electron chi connectivity index (χ1n) is 20.5. The molecule has 8 aromatic rings. The van der Waals surface area contributed by atoms with Crippen molar-refractivity contribution in [3.05, 3.63) is 248 Å². The van der Waals surface area contributed by atoms with Crippen LogP contribution in [0.2, 0.25) is 0 Å². The smallest absolute Gasteiger partial charge is 0.123 e. The number of hydrogen-bond donors (Lipinski definition) is 0. The molecule has 0 atom stereocenters. The summed E-state index contributed by atoms with van der Waals surface area (Å²) in [6, 6.07) is 46.5. The molecule has 0 bridgehead atoms. The van der Waals surface area contributed by atoms with Gasteiger partial charge < -0.3 is 0 Å². The maximum absolute atomic E-state index is 14.6. The minimum absolute atomic E-state index is 0.380. The molecule has 2 nitrogen and oxygen atoms in total. The lowest BCUT2D eigenvalue weighted by atomic mass is 9.78. The second-order valence-electron chi connectivity index (χ2n) is 15.9. The van der Waals surface area contributed by atoms with Gasteiger partial charge in [-0.3, -0.25) is 0 Å². The van der Waals surface area contributed by atoms with E-state index >= 15 is 0 Å².